The number of nitrogens with two attached hydrogens (primary N) is 1. The second-order valence-corrected chi connectivity index (χ2v) is 4.21. The summed E-state index contributed by atoms with van der Waals surface area (Å²) in [6.45, 7) is 2.22. The number of hydrogen-bond acceptors (Lipinski definition) is 3. The van der Waals surface area contributed by atoms with Crippen molar-refractivity contribution in [2.75, 3.05) is 6.61 Å². The van der Waals surface area contributed by atoms with Gasteiger partial charge in [0.1, 0.15) is 0 Å². The number of fused-ring (bicyclic) bond motifs is 1. The summed E-state index contributed by atoms with van der Waals surface area (Å²) in [5, 5.41) is 0. The third-order valence-electron chi connectivity index (χ3n) is 2.98. The second-order valence-electron chi connectivity index (χ2n) is 4.21. The number of carbonyl (C=O) groups is 1. The molecule has 3 nitrogen and oxygen atoms in total. The van der Waals surface area contributed by atoms with Crippen LogP contribution in [-0.2, 0) is 17.6 Å². The lowest BCUT2D eigenvalue weighted by Crippen LogP contribution is -2.28. The van der Waals surface area contributed by atoms with Gasteiger partial charge in [-0.1, -0.05) is 6.07 Å². The van der Waals surface area contributed by atoms with E-state index in [0.29, 0.717) is 12.2 Å². The summed E-state index contributed by atoms with van der Waals surface area (Å²) in [7, 11) is 0. The molecular weight excluding hydrogens is 238 g/mol. The summed E-state index contributed by atoms with van der Waals surface area (Å²) in [5.74, 6) is -0.246. The van der Waals surface area contributed by atoms with E-state index in [1.807, 2.05) is 25.1 Å². The van der Waals surface area contributed by atoms with E-state index in [1.165, 1.54) is 11.1 Å². The van der Waals surface area contributed by atoms with Crippen molar-refractivity contribution in [1.29, 1.82) is 0 Å². The number of rotatable bonds is 2. The van der Waals surface area contributed by atoms with E-state index < -0.39 is 0 Å². The molecule has 1 aromatic carbocycles. The molecule has 2 N–H and O–H groups in total. The van der Waals surface area contributed by atoms with E-state index in [9.17, 15) is 4.79 Å². The SMILES string of the molecule is CCOC(=O)c1ccc2c(c1)C[C@@H](N)CC2.Cl. The van der Waals surface area contributed by atoms with Crippen molar-refractivity contribution >= 4 is 18.4 Å². The molecule has 0 radical (unpaired) electrons. The number of ether oxygens (including phenoxy) is 1. The number of carbonyl (C=O) groups excluding carboxylic acids is 1. The fourth-order valence-electron chi connectivity index (χ4n) is 2.13. The fourth-order valence-corrected chi connectivity index (χ4v) is 2.13. The molecule has 1 atom stereocenters. The van der Waals surface area contributed by atoms with Crippen LogP contribution in [0, 0.1) is 0 Å². The van der Waals surface area contributed by atoms with E-state index in [-0.39, 0.29) is 24.4 Å². The number of benzene rings is 1. The highest BCUT2D eigenvalue weighted by molar-refractivity contribution is 5.89. The normalized spacial score (nSPS) is 17.9. The maximum Gasteiger partial charge on any atom is 0.338 e. The Morgan fingerprint density at radius 3 is 2.94 bits per heavy atom. The van der Waals surface area contributed by atoms with Gasteiger partial charge in [0.05, 0.1) is 12.2 Å². The smallest absolute Gasteiger partial charge is 0.338 e. The summed E-state index contributed by atoms with van der Waals surface area (Å²) in [6.07, 6.45) is 2.91. The van der Waals surface area contributed by atoms with Crippen molar-refractivity contribution in [3.05, 3.63) is 34.9 Å². The third kappa shape index (κ3) is 3.20. The van der Waals surface area contributed by atoms with Gasteiger partial charge in [-0.15, -0.1) is 12.4 Å². The number of aryl methyl sites for hydroxylation is 1. The Balaban J connectivity index is 0.00000144. The van der Waals surface area contributed by atoms with E-state index >= 15 is 0 Å². The topological polar surface area (TPSA) is 52.3 Å². The molecule has 0 heterocycles. The number of esters is 1. The lowest BCUT2D eigenvalue weighted by atomic mass is 9.88. The summed E-state index contributed by atoms with van der Waals surface area (Å²) < 4.78 is 4.98. The first-order chi connectivity index (χ1) is 7.70. The fraction of sp³-hybridized carbons (Fsp3) is 0.462. The highest BCUT2D eigenvalue weighted by atomic mass is 35.5. The molecule has 0 fully saturated rings. The summed E-state index contributed by atoms with van der Waals surface area (Å²) >= 11 is 0. The maximum absolute atomic E-state index is 11.6. The first-order valence-corrected chi connectivity index (χ1v) is 5.75. The molecule has 2 rings (SSSR count). The van der Waals surface area contributed by atoms with Gasteiger partial charge in [-0.05, 0) is 49.4 Å². The van der Waals surface area contributed by atoms with Crippen LogP contribution in [0.3, 0.4) is 0 Å². The van der Waals surface area contributed by atoms with Crippen LogP contribution in [0.1, 0.15) is 34.8 Å². The highest BCUT2D eigenvalue weighted by Crippen LogP contribution is 2.22. The van der Waals surface area contributed by atoms with Gasteiger partial charge in [0, 0.05) is 6.04 Å². The van der Waals surface area contributed by atoms with Crippen LogP contribution < -0.4 is 5.73 Å². The maximum atomic E-state index is 11.6. The molecule has 0 saturated carbocycles. The molecule has 1 aliphatic rings. The third-order valence-corrected chi connectivity index (χ3v) is 2.98. The van der Waals surface area contributed by atoms with Crippen molar-refractivity contribution in [2.24, 2.45) is 5.73 Å². The summed E-state index contributed by atoms with van der Waals surface area (Å²) in [5.41, 5.74) is 9.07. The average molecular weight is 256 g/mol. The van der Waals surface area contributed by atoms with Crippen molar-refractivity contribution in [3.8, 4) is 0 Å². The lowest BCUT2D eigenvalue weighted by molar-refractivity contribution is 0.0526. The minimum atomic E-state index is -0.246. The van der Waals surface area contributed by atoms with Gasteiger partial charge in [-0.25, -0.2) is 4.79 Å². The largest absolute Gasteiger partial charge is 0.462 e. The van der Waals surface area contributed by atoms with Gasteiger partial charge >= 0.3 is 5.97 Å². The number of hydrogen-bond donors (Lipinski definition) is 1. The summed E-state index contributed by atoms with van der Waals surface area (Å²) in [6, 6.07) is 6.01. The molecule has 0 aromatic heterocycles. The summed E-state index contributed by atoms with van der Waals surface area (Å²) in [4.78, 5) is 11.6. The van der Waals surface area contributed by atoms with E-state index in [0.717, 1.165) is 19.3 Å². The lowest BCUT2D eigenvalue weighted by Gasteiger charge is -2.21. The van der Waals surface area contributed by atoms with Crippen LogP contribution in [0.15, 0.2) is 18.2 Å². The van der Waals surface area contributed by atoms with Gasteiger partial charge in [0.2, 0.25) is 0 Å². The standard InChI is InChI=1S/C13H17NO2.ClH/c1-2-16-13(15)10-4-3-9-5-6-12(14)8-11(9)7-10;/h3-4,7,12H,2,5-6,8,14H2,1H3;1H/t12-;/m0./s1. The quantitative estimate of drug-likeness (QED) is 0.824. The van der Waals surface area contributed by atoms with Crippen LogP contribution in [0.5, 0.6) is 0 Å². The van der Waals surface area contributed by atoms with Crippen LogP contribution in [-0.4, -0.2) is 18.6 Å². The van der Waals surface area contributed by atoms with Crippen LogP contribution in [0.25, 0.3) is 0 Å². The van der Waals surface area contributed by atoms with Gasteiger partial charge in [0.15, 0.2) is 0 Å². The molecule has 94 valence electrons. The van der Waals surface area contributed by atoms with E-state index in [2.05, 4.69) is 0 Å². The molecule has 1 aliphatic carbocycles. The molecule has 0 saturated heterocycles. The minimum absolute atomic E-state index is 0. The van der Waals surface area contributed by atoms with Gasteiger partial charge in [-0.2, -0.15) is 0 Å². The molecular formula is C13H18ClNO2. The van der Waals surface area contributed by atoms with Crippen LogP contribution >= 0.6 is 12.4 Å². The zero-order chi connectivity index (χ0) is 11.5. The molecule has 0 bridgehead atoms. The van der Waals surface area contributed by atoms with Crippen molar-refractivity contribution < 1.29 is 9.53 Å². The van der Waals surface area contributed by atoms with E-state index in [4.69, 9.17) is 10.5 Å². The van der Waals surface area contributed by atoms with Gasteiger partial charge in [-0.3, -0.25) is 0 Å². The molecule has 17 heavy (non-hydrogen) atoms. The predicted octanol–water partition coefficient (Wildman–Crippen LogP) is 2.10. The Morgan fingerprint density at radius 2 is 2.24 bits per heavy atom. The predicted molar refractivity (Wildman–Crippen MR) is 69.6 cm³/mol. The van der Waals surface area contributed by atoms with Crippen LogP contribution in [0.2, 0.25) is 0 Å². The molecule has 1 aromatic rings. The zero-order valence-corrected chi connectivity index (χ0v) is 10.8. The average Bonchev–Trinajstić information content (AvgIpc) is 2.28. The van der Waals surface area contributed by atoms with Gasteiger partial charge in [0.25, 0.3) is 0 Å². The second kappa shape index (κ2) is 6.03. The molecule has 0 unspecified atom stereocenters. The van der Waals surface area contributed by atoms with Crippen molar-refractivity contribution in [2.45, 2.75) is 32.2 Å². The number of halogens is 1. The minimum Gasteiger partial charge on any atom is -0.462 e. The zero-order valence-electron chi connectivity index (χ0n) is 9.94. The Kier molecular flexibility index (Phi) is 4.97. The van der Waals surface area contributed by atoms with Crippen molar-refractivity contribution in [3.63, 3.8) is 0 Å². The molecule has 0 amide bonds. The van der Waals surface area contributed by atoms with Crippen LogP contribution in [0.4, 0.5) is 0 Å². The Labute approximate surface area is 108 Å². The first kappa shape index (κ1) is 14.0. The Morgan fingerprint density at radius 1 is 1.47 bits per heavy atom. The first-order valence-electron chi connectivity index (χ1n) is 5.75. The highest BCUT2D eigenvalue weighted by Gasteiger charge is 2.17. The Bertz CT molecular complexity index is 406. The van der Waals surface area contributed by atoms with Gasteiger partial charge < -0.3 is 10.5 Å². The monoisotopic (exact) mass is 255 g/mol. The Hall–Kier alpha value is -1.06. The molecule has 4 heteroatoms. The van der Waals surface area contributed by atoms with Crippen molar-refractivity contribution in [1.82, 2.24) is 0 Å². The molecule has 0 aliphatic heterocycles. The molecule has 0 spiro atoms. The van der Waals surface area contributed by atoms with E-state index in [1.54, 1.807) is 0 Å².